The van der Waals surface area contributed by atoms with Gasteiger partial charge in [-0.1, -0.05) is 12.1 Å². The molecule has 152 valence electrons. The van der Waals surface area contributed by atoms with Gasteiger partial charge in [-0.25, -0.2) is 19.7 Å². The summed E-state index contributed by atoms with van der Waals surface area (Å²) in [6, 6.07) is 8.26. The number of para-hydroxylation sites is 1. The molecule has 0 spiro atoms. The number of piperidine rings is 1. The lowest BCUT2D eigenvalue weighted by Gasteiger charge is -2.32. The van der Waals surface area contributed by atoms with Crippen molar-refractivity contribution in [2.75, 3.05) is 31.1 Å². The van der Waals surface area contributed by atoms with Crippen molar-refractivity contribution in [3.63, 3.8) is 0 Å². The molecular formula is C21H25N5O2S. The fourth-order valence-corrected chi connectivity index (χ4v) is 4.46. The Kier molecular flexibility index (Phi) is 6.31. The monoisotopic (exact) mass is 411 g/mol. The molecular weight excluding hydrogens is 386 g/mol. The summed E-state index contributed by atoms with van der Waals surface area (Å²) in [6.45, 7) is 5.79. The van der Waals surface area contributed by atoms with Crippen molar-refractivity contribution in [3.8, 4) is 0 Å². The summed E-state index contributed by atoms with van der Waals surface area (Å²) in [5.41, 5.74) is 1.47. The number of benzene rings is 1. The second kappa shape index (κ2) is 9.28. The molecule has 1 aliphatic heterocycles. The molecule has 0 saturated carbocycles. The lowest BCUT2D eigenvalue weighted by atomic mass is 9.97. The zero-order valence-electron chi connectivity index (χ0n) is 16.5. The SMILES string of the molecule is CCOC(=O)c1cnc(N2CCC(CNCc3nc4ccccc4s3)CC2)nc1. The Morgan fingerprint density at radius 1 is 1.24 bits per heavy atom. The molecule has 0 atom stereocenters. The number of ether oxygens (including phenoxy) is 1. The maximum atomic E-state index is 11.7. The summed E-state index contributed by atoms with van der Waals surface area (Å²) in [6.07, 6.45) is 5.28. The second-order valence-electron chi connectivity index (χ2n) is 7.13. The number of esters is 1. The minimum atomic E-state index is -0.378. The van der Waals surface area contributed by atoms with Crippen molar-refractivity contribution in [3.05, 3.63) is 47.2 Å². The topological polar surface area (TPSA) is 80.2 Å². The van der Waals surface area contributed by atoms with Crippen LogP contribution >= 0.6 is 11.3 Å². The van der Waals surface area contributed by atoms with Crippen molar-refractivity contribution in [1.82, 2.24) is 20.3 Å². The van der Waals surface area contributed by atoms with Crippen LogP contribution in [-0.2, 0) is 11.3 Å². The predicted octanol–water partition coefficient (Wildman–Crippen LogP) is 3.27. The van der Waals surface area contributed by atoms with Crippen molar-refractivity contribution < 1.29 is 9.53 Å². The number of thiazole rings is 1. The lowest BCUT2D eigenvalue weighted by molar-refractivity contribution is 0.0525. The summed E-state index contributed by atoms with van der Waals surface area (Å²) in [5, 5.41) is 4.70. The van der Waals surface area contributed by atoms with Gasteiger partial charge in [-0.2, -0.15) is 0 Å². The van der Waals surface area contributed by atoms with Crippen LogP contribution < -0.4 is 10.2 Å². The highest BCUT2D eigenvalue weighted by atomic mass is 32.1. The predicted molar refractivity (Wildman–Crippen MR) is 114 cm³/mol. The average molecular weight is 412 g/mol. The molecule has 0 radical (unpaired) electrons. The summed E-state index contributed by atoms with van der Waals surface area (Å²) in [7, 11) is 0. The molecule has 4 rings (SSSR count). The van der Waals surface area contributed by atoms with Crippen LogP contribution in [0.15, 0.2) is 36.7 Å². The van der Waals surface area contributed by atoms with Gasteiger partial charge < -0.3 is 15.0 Å². The van der Waals surface area contributed by atoms with Gasteiger partial charge in [0.2, 0.25) is 5.95 Å². The largest absolute Gasteiger partial charge is 0.462 e. The highest BCUT2D eigenvalue weighted by Gasteiger charge is 2.21. The molecule has 0 bridgehead atoms. The van der Waals surface area contributed by atoms with Crippen LogP contribution in [0.1, 0.15) is 35.1 Å². The Balaban J connectivity index is 1.22. The fraction of sp³-hybridized carbons (Fsp3) is 0.429. The van der Waals surface area contributed by atoms with Gasteiger partial charge >= 0.3 is 5.97 Å². The Morgan fingerprint density at radius 3 is 2.72 bits per heavy atom. The number of hydrogen-bond donors (Lipinski definition) is 1. The van der Waals surface area contributed by atoms with Gasteiger partial charge in [-0.3, -0.25) is 0 Å². The van der Waals surface area contributed by atoms with Crippen LogP contribution in [0.4, 0.5) is 5.95 Å². The van der Waals surface area contributed by atoms with Crippen molar-refractivity contribution in [1.29, 1.82) is 0 Å². The molecule has 1 aromatic carbocycles. The molecule has 3 aromatic rings. The van der Waals surface area contributed by atoms with E-state index in [0.717, 1.165) is 49.5 Å². The van der Waals surface area contributed by atoms with E-state index >= 15 is 0 Å². The quantitative estimate of drug-likeness (QED) is 0.598. The average Bonchev–Trinajstić information content (AvgIpc) is 3.17. The molecule has 29 heavy (non-hydrogen) atoms. The molecule has 0 amide bonds. The van der Waals surface area contributed by atoms with E-state index in [2.05, 4.69) is 43.4 Å². The third-order valence-corrected chi connectivity index (χ3v) is 6.13. The summed E-state index contributed by atoms with van der Waals surface area (Å²) in [4.78, 5) is 27.2. The van der Waals surface area contributed by atoms with Gasteiger partial charge in [0.25, 0.3) is 0 Å². The Bertz CT molecular complexity index is 918. The van der Waals surface area contributed by atoms with Gasteiger partial charge in [0.05, 0.1) is 22.4 Å². The van der Waals surface area contributed by atoms with E-state index < -0.39 is 0 Å². The first-order valence-electron chi connectivity index (χ1n) is 10.0. The molecule has 1 N–H and O–H groups in total. The number of rotatable bonds is 7. The summed E-state index contributed by atoms with van der Waals surface area (Å²) >= 11 is 1.76. The van der Waals surface area contributed by atoms with E-state index in [1.165, 1.54) is 4.70 Å². The van der Waals surface area contributed by atoms with Crippen molar-refractivity contribution >= 4 is 33.5 Å². The third-order valence-electron chi connectivity index (χ3n) is 5.09. The number of aromatic nitrogens is 3. The number of nitrogens with one attached hydrogen (secondary N) is 1. The van der Waals surface area contributed by atoms with E-state index in [1.807, 2.05) is 6.07 Å². The van der Waals surface area contributed by atoms with Gasteiger partial charge in [0.1, 0.15) is 5.01 Å². The second-order valence-corrected chi connectivity index (χ2v) is 8.24. The number of anilines is 1. The third kappa shape index (κ3) is 4.89. The standard InChI is InChI=1S/C21H25N5O2S/c1-2-28-20(27)16-12-23-21(24-13-16)26-9-7-15(8-10-26)11-22-14-19-25-17-5-3-4-6-18(17)29-19/h3-6,12-13,15,22H,2,7-11,14H2,1H3. The molecule has 1 aliphatic rings. The highest BCUT2D eigenvalue weighted by Crippen LogP contribution is 2.22. The fourth-order valence-electron chi connectivity index (χ4n) is 3.52. The van der Waals surface area contributed by atoms with E-state index in [0.29, 0.717) is 24.0 Å². The zero-order chi connectivity index (χ0) is 20.1. The number of carbonyl (C=O) groups excluding carboxylic acids is 1. The van der Waals surface area contributed by atoms with Crippen LogP contribution in [0.25, 0.3) is 10.2 Å². The summed E-state index contributed by atoms with van der Waals surface area (Å²) in [5.74, 6) is 0.940. The van der Waals surface area contributed by atoms with Crippen LogP contribution in [-0.4, -0.2) is 47.2 Å². The maximum Gasteiger partial charge on any atom is 0.341 e. The first kappa shape index (κ1) is 19.7. The molecule has 1 fully saturated rings. The normalized spacial score (nSPS) is 15.0. The summed E-state index contributed by atoms with van der Waals surface area (Å²) < 4.78 is 6.21. The Morgan fingerprint density at radius 2 is 2.00 bits per heavy atom. The van der Waals surface area contributed by atoms with Gasteiger partial charge in [0, 0.05) is 32.0 Å². The van der Waals surface area contributed by atoms with Crippen LogP contribution in [0, 0.1) is 5.92 Å². The molecule has 0 unspecified atom stereocenters. The Labute approximate surface area is 174 Å². The van der Waals surface area contributed by atoms with E-state index in [4.69, 9.17) is 4.74 Å². The minimum Gasteiger partial charge on any atom is -0.462 e. The maximum absolute atomic E-state index is 11.7. The van der Waals surface area contributed by atoms with E-state index in [1.54, 1.807) is 30.7 Å². The van der Waals surface area contributed by atoms with E-state index in [9.17, 15) is 4.79 Å². The first-order chi connectivity index (χ1) is 14.2. The zero-order valence-corrected chi connectivity index (χ0v) is 17.3. The number of nitrogens with zero attached hydrogens (tertiary/aromatic N) is 4. The van der Waals surface area contributed by atoms with Crippen LogP contribution in [0.5, 0.6) is 0 Å². The molecule has 8 heteroatoms. The van der Waals surface area contributed by atoms with Gasteiger partial charge in [-0.15, -0.1) is 11.3 Å². The van der Waals surface area contributed by atoms with Gasteiger partial charge in [0.15, 0.2) is 0 Å². The molecule has 2 aromatic heterocycles. The van der Waals surface area contributed by atoms with Gasteiger partial charge in [-0.05, 0) is 44.4 Å². The molecule has 7 nitrogen and oxygen atoms in total. The van der Waals surface area contributed by atoms with Crippen LogP contribution in [0.3, 0.4) is 0 Å². The number of hydrogen-bond acceptors (Lipinski definition) is 8. The molecule has 0 aliphatic carbocycles. The highest BCUT2D eigenvalue weighted by molar-refractivity contribution is 7.18. The Hall–Kier alpha value is -2.58. The van der Waals surface area contributed by atoms with Crippen molar-refractivity contribution in [2.45, 2.75) is 26.3 Å². The smallest absolute Gasteiger partial charge is 0.341 e. The van der Waals surface area contributed by atoms with Crippen molar-refractivity contribution in [2.24, 2.45) is 5.92 Å². The lowest BCUT2D eigenvalue weighted by Crippen LogP contribution is -2.38. The van der Waals surface area contributed by atoms with E-state index in [-0.39, 0.29) is 5.97 Å². The molecule has 3 heterocycles. The first-order valence-corrected chi connectivity index (χ1v) is 10.8. The van der Waals surface area contributed by atoms with Crippen LogP contribution in [0.2, 0.25) is 0 Å². The molecule has 1 saturated heterocycles. The minimum absolute atomic E-state index is 0.348. The number of carbonyl (C=O) groups is 1. The number of fused-ring (bicyclic) bond motifs is 1.